The van der Waals surface area contributed by atoms with E-state index in [4.69, 9.17) is 0 Å². The van der Waals surface area contributed by atoms with Gasteiger partial charge in [0, 0.05) is 17.4 Å². The first kappa shape index (κ1) is 20.1. The van der Waals surface area contributed by atoms with Crippen LogP contribution in [0.2, 0.25) is 0 Å². The predicted molar refractivity (Wildman–Crippen MR) is 107 cm³/mol. The standard InChI is InChI=1S/C22H19F2N3O2/c1-13(2)14-6-8-15(9-7-14)25-21(28)19-4-3-5-20(27-19)22(29)26-16-10-11-17(23)18(24)12-16/h3-13H,1-2H3,(H,25,28)(H,26,29). The number of anilines is 2. The summed E-state index contributed by atoms with van der Waals surface area (Å²) >= 11 is 0. The van der Waals surface area contributed by atoms with Crippen LogP contribution in [0.1, 0.15) is 46.3 Å². The van der Waals surface area contributed by atoms with E-state index < -0.39 is 23.4 Å². The maximum atomic E-state index is 13.3. The Morgan fingerprint density at radius 3 is 1.90 bits per heavy atom. The van der Waals surface area contributed by atoms with E-state index in [1.807, 2.05) is 12.1 Å². The summed E-state index contributed by atoms with van der Waals surface area (Å²) in [7, 11) is 0. The number of nitrogens with zero attached hydrogens (tertiary/aromatic N) is 1. The number of nitrogens with one attached hydrogen (secondary N) is 2. The van der Waals surface area contributed by atoms with E-state index in [2.05, 4.69) is 29.5 Å². The van der Waals surface area contributed by atoms with Crippen LogP contribution in [0.15, 0.2) is 60.7 Å². The van der Waals surface area contributed by atoms with Crippen molar-refractivity contribution in [3.63, 3.8) is 0 Å². The van der Waals surface area contributed by atoms with Crippen molar-refractivity contribution in [2.75, 3.05) is 10.6 Å². The van der Waals surface area contributed by atoms with E-state index in [9.17, 15) is 18.4 Å². The number of hydrogen-bond acceptors (Lipinski definition) is 3. The van der Waals surface area contributed by atoms with Crippen LogP contribution >= 0.6 is 0 Å². The Hall–Kier alpha value is -3.61. The second-order valence-corrected chi connectivity index (χ2v) is 6.72. The molecule has 148 valence electrons. The zero-order valence-electron chi connectivity index (χ0n) is 15.9. The number of halogens is 2. The smallest absolute Gasteiger partial charge is 0.274 e. The SMILES string of the molecule is CC(C)c1ccc(NC(=O)c2cccc(C(=O)Nc3ccc(F)c(F)c3)n2)cc1. The fourth-order valence-electron chi connectivity index (χ4n) is 2.60. The number of pyridine rings is 1. The van der Waals surface area contributed by atoms with Gasteiger partial charge in [0.1, 0.15) is 11.4 Å². The molecule has 0 aliphatic rings. The third kappa shape index (κ3) is 5.01. The summed E-state index contributed by atoms with van der Waals surface area (Å²) in [5.41, 5.74) is 1.86. The molecular formula is C22H19F2N3O2. The highest BCUT2D eigenvalue weighted by Crippen LogP contribution is 2.18. The molecule has 1 aromatic heterocycles. The second-order valence-electron chi connectivity index (χ2n) is 6.72. The largest absolute Gasteiger partial charge is 0.321 e. The molecule has 3 aromatic rings. The highest BCUT2D eigenvalue weighted by Gasteiger charge is 2.14. The Balaban J connectivity index is 1.71. The normalized spacial score (nSPS) is 10.7. The molecule has 0 bridgehead atoms. The lowest BCUT2D eigenvalue weighted by Gasteiger charge is -2.09. The fraction of sp³-hybridized carbons (Fsp3) is 0.136. The summed E-state index contributed by atoms with van der Waals surface area (Å²) in [5, 5.41) is 5.15. The van der Waals surface area contributed by atoms with Gasteiger partial charge in [-0.15, -0.1) is 0 Å². The van der Waals surface area contributed by atoms with Gasteiger partial charge in [0.15, 0.2) is 11.6 Å². The number of carbonyl (C=O) groups is 2. The minimum atomic E-state index is -1.08. The maximum absolute atomic E-state index is 13.3. The Morgan fingerprint density at radius 2 is 1.34 bits per heavy atom. The Labute approximate surface area is 166 Å². The minimum absolute atomic E-state index is 0.0301. The minimum Gasteiger partial charge on any atom is -0.321 e. The number of rotatable bonds is 5. The lowest BCUT2D eigenvalue weighted by Crippen LogP contribution is -2.18. The number of aromatic nitrogens is 1. The van der Waals surface area contributed by atoms with Crippen LogP contribution in [0, 0.1) is 11.6 Å². The molecule has 3 rings (SSSR count). The average molecular weight is 395 g/mol. The molecule has 1 heterocycles. The van der Waals surface area contributed by atoms with Crippen LogP contribution < -0.4 is 10.6 Å². The molecule has 2 aromatic carbocycles. The first-order chi connectivity index (χ1) is 13.8. The van der Waals surface area contributed by atoms with Crippen molar-refractivity contribution in [3.05, 3.63) is 89.2 Å². The van der Waals surface area contributed by atoms with Gasteiger partial charge in [-0.05, 0) is 47.9 Å². The Morgan fingerprint density at radius 1 is 0.793 bits per heavy atom. The van der Waals surface area contributed by atoms with Crippen molar-refractivity contribution in [1.29, 1.82) is 0 Å². The Kier molecular flexibility index (Phi) is 5.97. The Bertz CT molecular complexity index is 1050. The predicted octanol–water partition coefficient (Wildman–Crippen LogP) is 4.99. The molecule has 0 aliphatic carbocycles. The zero-order chi connectivity index (χ0) is 21.0. The molecule has 2 amide bonds. The number of amides is 2. The highest BCUT2D eigenvalue weighted by molar-refractivity contribution is 6.06. The molecule has 0 fully saturated rings. The van der Waals surface area contributed by atoms with Gasteiger partial charge in [-0.25, -0.2) is 13.8 Å². The summed E-state index contributed by atoms with van der Waals surface area (Å²) in [4.78, 5) is 28.8. The van der Waals surface area contributed by atoms with Gasteiger partial charge in [-0.1, -0.05) is 32.0 Å². The van der Waals surface area contributed by atoms with Crippen LogP contribution in [0.4, 0.5) is 20.2 Å². The van der Waals surface area contributed by atoms with E-state index in [-0.39, 0.29) is 17.1 Å². The molecule has 0 saturated carbocycles. The number of hydrogen-bond donors (Lipinski definition) is 2. The molecule has 0 spiro atoms. The molecule has 2 N–H and O–H groups in total. The van der Waals surface area contributed by atoms with Crippen molar-refractivity contribution < 1.29 is 18.4 Å². The van der Waals surface area contributed by atoms with Crippen LogP contribution in [-0.2, 0) is 0 Å². The molecule has 0 saturated heterocycles. The van der Waals surface area contributed by atoms with Crippen molar-refractivity contribution >= 4 is 23.2 Å². The average Bonchev–Trinajstić information content (AvgIpc) is 2.71. The molecule has 0 aliphatic heterocycles. The molecule has 0 unspecified atom stereocenters. The van der Waals surface area contributed by atoms with Gasteiger partial charge in [0.05, 0.1) is 0 Å². The van der Waals surface area contributed by atoms with Crippen LogP contribution in [0.5, 0.6) is 0 Å². The van der Waals surface area contributed by atoms with Crippen LogP contribution in [0.25, 0.3) is 0 Å². The van der Waals surface area contributed by atoms with Crippen molar-refractivity contribution in [3.8, 4) is 0 Å². The fourth-order valence-corrected chi connectivity index (χ4v) is 2.60. The van der Waals surface area contributed by atoms with Gasteiger partial charge >= 0.3 is 0 Å². The van der Waals surface area contributed by atoms with Gasteiger partial charge in [0.25, 0.3) is 11.8 Å². The van der Waals surface area contributed by atoms with Gasteiger partial charge in [-0.3, -0.25) is 9.59 Å². The third-order valence-corrected chi connectivity index (χ3v) is 4.23. The molecule has 0 atom stereocenters. The molecular weight excluding hydrogens is 376 g/mol. The number of benzene rings is 2. The van der Waals surface area contributed by atoms with Gasteiger partial charge < -0.3 is 10.6 Å². The van der Waals surface area contributed by atoms with Crippen molar-refractivity contribution in [2.45, 2.75) is 19.8 Å². The second kappa shape index (κ2) is 8.60. The number of carbonyl (C=O) groups excluding carboxylic acids is 2. The summed E-state index contributed by atoms with van der Waals surface area (Å²) < 4.78 is 26.3. The summed E-state index contributed by atoms with van der Waals surface area (Å²) in [6.45, 7) is 4.16. The first-order valence-corrected chi connectivity index (χ1v) is 8.98. The van der Waals surface area contributed by atoms with Crippen molar-refractivity contribution in [1.82, 2.24) is 4.98 Å². The van der Waals surface area contributed by atoms with E-state index in [0.29, 0.717) is 11.6 Å². The van der Waals surface area contributed by atoms with E-state index >= 15 is 0 Å². The van der Waals surface area contributed by atoms with E-state index in [1.165, 1.54) is 24.3 Å². The summed E-state index contributed by atoms with van der Waals surface area (Å²) in [5.74, 6) is -2.82. The summed E-state index contributed by atoms with van der Waals surface area (Å²) in [6.07, 6.45) is 0. The lowest BCUT2D eigenvalue weighted by atomic mass is 10.0. The molecule has 29 heavy (non-hydrogen) atoms. The zero-order valence-corrected chi connectivity index (χ0v) is 15.9. The van der Waals surface area contributed by atoms with Gasteiger partial charge in [0.2, 0.25) is 0 Å². The van der Waals surface area contributed by atoms with Crippen molar-refractivity contribution in [2.24, 2.45) is 0 Å². The monoisotopic (exact) mass is 395 g/mol. The quantitative estimate of drug-likeness (QED) is 0.640. The van der Waals surface area contributed by atoms with Crippen LogP contribution in [-0.4, -0.2) is 16.8 Å². The highest BCUT2D eigenvalue weighted by atomic mass is 19.2. The van der Waals surface area contributed by atoms with E-state index in [1.54, 1.807) is 12.1 Å². The summed E-state index contributed by atoms with van der Waals surface area (Å²) in [6, 6.07) is 14.9. The topological polar surface area (TPSA) is 71.1 Å². The molecule has 0 radical (unpaired) electrons. The van der Waals surface area contributed by atoms with Crippen LogP contribution in [0.3, 0.4) is 0 Å². The lowest BCUT2D eigenvalue weighted by molar-refractivity contribution is 0.101. The molecule has 5 nitrogen and oxygen atoms in total. The van der Waals surface area contributed by atoms with E-state index in [0.717, 1.165) is 17.7 Å². The van der Waals surface area contributed by atoms with Gasteiger partial charge in [-0.2, -0.15) is 0 Å². The first-order valence-electron chi connectivity index (χ1n) is 8.98. The third-order valence-electron chi connectivity index (χ3n) is 4.23. The maximum Gasteiger partial charge on any atom is 0.274 e. The molecule has 7 heteroatoms.